The van der Waals surface area contributed by atoms with Crippen LogP contribution in [0.4, 0.5) is 11.5 Å². The average Bonchev–Trinajstić information content (AvgIpc) is 1.96. The zero-order valence-corrected chi connectivity index (χ0v) is 6.96. The van der Waals surface area contributed by atoms with Crippen LogP contribution >= 0.6 is 0 Å². The molecule has 0 unspecified atom stereocenters. The van der Waals surface area contributed by atoms with Crippen LogP contribution in [-0.4, -0.2) is 16.4 Å². The van der Waals surface area contributed by atoms with Gasteiger partial charge in [-0.15, -0.1) is 0 Å². The Balaban J connectivity index is 3.18. The molecule has 0 aromatic carbocycles. The topological polar surface area (TPSA) is 80.9 Å². The zero-order valence-electron chi connectivity index (χ0n) is 6.96. The van der Waals surface area contributed by atoms with Crippen LogP contribution in [0.2, 0.25) is 0 Å². The van der Waals surface area contributed by atoms with Gasteiger partial charge in [0.25, 0.3) is 0 Å². The Hall–Kier alpha value is -1.65. The number of amides is 1. The van der Waals surface area contributed by atoms with Crippen molar-refractivity contribution in [2.75, 3.05) is 11.1 Å². The molecule has 0 bridgehead atoms. The first-order chi connectivity index (χ1) is 5.65. The standard InChI is InChI=1S/C7H10N4O/c1-4-6(9-3-12)7(8)11-5(2)10-4/h3H,1-2H3,(H,9,12)(H2,8,10,11). The van der Waals surface area contributed by atoms with Crippen molar-refractivity contribution in [2.45, 2.75) is 13.8 Å². The van der Waals surface area contributed by atoms with Crippen molar-refractivity contribution in [1.29, 1.82) is 0 Å². The summed E-state index contributed by atoms with van der Waals surface area (Å²) in [6.45, 7) is 3.50. The summed E-state index contributed by atoms with van der Waals surface area (Å²) in [6.07, 6.45) is 0.553. The number of nitrogens with two attached hydrogens (primary N) is 1. The molecule has 1 aromatic rings. The van der Waals surface area contributed by atoms with Crippen molar-refractivity contribution in [3.63, 3.8) is 0 Å². The number of rotatable bonds is 2. The smallest absolute Gasteiger partial charge is 0.211 e. The number of carbonyl (C=O) groups excluding carboxylic acids is 1. The first kappa shape index (κ1) is 8.45. The Morgan fingerprint density at radius 2 is 2.08 bits per heavy atom. The largest absolute Gasteiger partial charge is 0.382 e. The quantitative estimate of drug-likeness (QED) is 0.617. The van der Waals surface area contributed by atoms with E-state index in [1.807, 2.05) is 0 Å². The summed E-state index contributed by atoms with van der Waals surface area (Å²) >= 11 is 0. The molecule has 1 heterocycles. The number of anilines is 2. The number of hydrogen-bond acceptors (Lipinski definition) is 4. The highest BCUT2D eigenvalue weighted by atomic mass is 16.1. The summed E-state index contributed by atoms with van der Waals surface area (Å²) in [6, 6.07) is 0. The van der Waals surface area contributed by atoms with Crippen molar-refractivity contribution in [3.05, 3.63) is 11.5 Å². The summed E-state index contributed by atoms with van der Waals surface area (Å²) in [5, 5.41) is 2.44. The van der Waals surface area contributed by atoms with Gasteiger partial charge < -0.3 is 11.1 Å². The van der Waals surface area contributed by atoms with Gasteiger partial charge >= 0.3 is 0 Å². The summed E-state index contributed by atoms with van der Waals surface area (Å²) in [5.41, 5.74) is 6.69. The number of hydrogen-bond donors (Lipinski definition) is 2. The summed E-state index contributed by atoms with van der Waals surface area (Å²) in [5.74, 6) is 0.897. The highest BCUT2D eigenvalue weighted by Gasteiger charge is 2.05. The monoisotopic (exact) mass is 166 g/mol. The van der Waals surface area contributed by atoms with E-state index in [1.165, 1.54) is 0 Å². The maximum Gasteiger partial charge on any atom is 0.211 e. The Kier molecular flexibility index (Phi) is 2.23. The van der Waals surface area contributed by atoms with Crippen LogP contribution in [0.5, 0.6) is 0 Å². The fraction of sp³-hybridized carbons (Fsp3) is 0.286. The molecular formula is C7H10N4O. The molecule has 5 heteroatoms. The molecule has 0 aliphatic rings. The minimum Gasteiger partial charge on any atom is -0.382 e. The number of nitrogens with zero attached hydrogens (tertiary/aromatic N) is 2. The molecule has 64 valence electrons. The third-order valence-electron chi connectivity index (χ3n) is 1.43. The molecule has 3 N–H and O–H groups in total. The van der Waals surface area contributed by atoms with Gasteiger partial charge in [0.15, 0.2) is 5.82 Å². The minimum atomic E-state index is 0.298. The summed E-state index contributed by atoms with van der Waals surface area (Å²) in [4.78, 5) is 18.1. The molecular weight excluding hydrogens is 156 g/mol. The van der Waals surface area contributed by atoms with Gasteiger partial charge in [-0.25, -0.2) is 9.97 Å². The van der Waals surface area contributed by atoms with Crippen molar-refractivity contribution in [3.8, 4) is 0 Å². The molecule has 0 saturated carbocycles. The lowest BCUT2D eigenvalue weighted by Gasteiger charge is -2.06. The Labute approximate surface area is 70.0 Å². The van der Waals surface area contributed by atoms with Gasteiger partial charge in [-0.05, 0) is 13.8 Å². The normalized spacial score (nSPS) is 9.50. The molecule has 0 atom stereocenters. The van der Waals surface area contributed by atoms with E-state index in [1.54, 1.807) is 13.8 Å². The first-order valence-electron chi connectivity index (χ1n) is 3.46. The molecule has 0 spiro atoms. The van der Waals surface area contributed by atoms with E-state index in [-0.39, 0.29) is 0 Å². The fourth-order valence-electron chi connectivity index (χ4n) is 0.976. The molecule has 1 amide bonds. The van der Waals surface area contributed by atoms with Gasteiger partial charge in [0.1, 0.15) is 11.5 Å². The highest BCUT2D eigenvalue weighted by Crippen LogP contribution is 2.17. The van der Waals surface area contributed by atoms with E-state index in [2.05, 4.69) is 15.3 Å². The third-order valence-corrected chi connectivity index (χ3v) is 1.43. The lowest BCUT2D eigenvalue weighted by Crippen LogP contribution is -2.06. The van der Waals surface area contributed by atoms with E-state index in [0.717, 1.165) is 0 Å². The number of aryl methyl sites for hydroxylation is 2. The maximum atomic E-state index is 10.1. The lowest BCUT2D eigenvalue weighted by molar-refractivity contribution is -0.105. The van der Waals surface area contributed by atoms with Gasteiger partial charge in [0.2, 0.25) is 6.41 Å². The second-order valence-corrected chi connectivity index (χ2v) is 2.38. The highest BCUT2D eigenvalue weighted by molar-refractivity contribution is 5.79. The molecule has 0 radical (unpaired) electrons. The predicted octanol–water partition coefficient (Wildman–Crippen LogP) is 0.244. The van der Waals surface area contributed by atoms with Crippen molar-refractivity contribution < 1.29 is 4.79 Å². The van der Waals surface area contributed by atoms with Gasteiger partial charge in [-0.3, -0.25) is 4.79 Å². The Morgan fingerprint density at radius 1 is 1.42 bits per heavy atom. The molecule has 0 fully saturated rings. The van der Waals surface area contributed by atoms with Crippen LogP contribution in [0.3, 0.4) is 0 Å². The molecule has 12 heavy (non-hydrogen) atoms. The van der Waals surface area contributed by atoms with Crippen LogP contribution in [0.25, 0.3) is 0 Å². The first-order valence-corrected chi connectivity index (χ1v) is 3.46. The van der Waals surface area contributed by atoms with E-state index in [0.29, 0.717) is 29.4 Å². The van der Waals surface area contributed by atoms with E-state index >= 15 is 0 Å². The van der Waals surface area contributed by atoms with Gasteiger partial charge in [0.05, 0.1) is 5.69 Å². The number of nitrogen functional groups attached to an aromatic ring is 1. The molecule has 0 aliphatic heterocycles. The van der Waals surface area contributed by atoms with Crippen LogP contribution in [-0.2, 0) is 4.79 Å². The van der Waals surface area contributed by atoms with Gasteiger partial charge in [-0.2, -0.15) is 0 Å². The number of nitrogens with one attached hydrogen (secondary N) is 1. The van der Waals surface area contributed by atoms with Gasteiger partial charge in [0, 0.05) is 0 Å². The Morgan fingerprint density at radius 3 is 2.58 bits per heavy atom. The molecule has 0 aliphatic carbocycles. The predicted molar refractivity (Wildman–Crippen MR) is 45.6 cm³/mol. The third kappa shape index (κ3) is 1.50. The molecule has 0 saturated heterocycles. The van der Waals surface area contributed by atoms with Crippen LogP contribution in [0.15, 0.2) is 0 Å². The van der Waals surface area contributed by atoms with Crippen molar-refractivity contribution in [1.82, 2.24) is 9.97 Å². The SMILES string of the molecule is Cc1nc(C)c(NC=O)c(N)n1. The van der Waals surface area contributed by atoms with Crippen LogP contribution < -0.4 is 11.1 Å². The molecule has 5 nitrogen and oxygen atoms in total. The number of aromatic nitrogens is 2. The molecule has 1 aromatic heterocycles. The second-order valence-electron chi connectivity index (χ2n) is 2.38. The van der Waals surface area contributed by atoms with Crippen LogP contribution in [0.1, 0.15) is 11.5 Å². The van der Waals surface area contributed by atoms with Gasteiger partial charge in [-0.1, -0.05) is 0 Å². The minimum absolute atomic E-state index is 0.298. The maximum absolute atomic E-state index is 10.1. The van der Waals surface area contributed by atoms with Crippen molar-refractivity contribution >= 4 is 17.9 Å². The summed E-state index contributed by atoms with van der Waals surface area (Å²) < 4.78 is 0. The zero-order chi connectivity index (χ0) is 9.14. The molecule has 1 rings (SSSR count). The second kappa shape index (κ2) is 3.17. The fourth-order valence-corrected chi connectivity index (χ4v) is 0.976. The lowest BCUT2D eigenvalue weighted by atomic mass is 10.3. The van der Waals surface area contributed by atoms with Crippen molar-refractivity contribution in [2.24, 2.45) is 0 Å². The van der Waals surface area contributed by atoms with E-state index in [9.17, 15) is 4.79 Å². The average molecular weight is 166 g/mol. The number of carbonyl (C=O) groups is 1. The van der Waals surface area contributed by atoms with Crippen LogP contribution in [0, 0.1) is 13.8 Å². The summed E-state index contributed by atoms with van der Waals surface area (Å²) in [7, 11) is 0. The van der Waals surface area contributed by atoms with E-state index in [4.69, 9.17) is 5.73 Å². The Bertz CT molecular complexity index is 287. The van der Waals surface area contributed by atoms with E-state index < -0.39 is 0 Å².